The number of hydrogen-bond donors (Lipinski definition) is 2. The Labute approximate surface area is 102 Å². The molecule has 1 aromatic rings. The number of aryl methyl sites for hydroxylation is 1. The molecule has 0 aromatic carbocycles. The van der Waals surface area contributed by atoms with Gasteiger partial charge in [0, 0.05) is 24.2 Å². The number of rotatable bonds is 4. The van der Waals surface area contributed by atoms with Crippen molar-refractivity contribution in [2.24, 2.45) is 12.8 Å². The normalized spacial score (nSPS) is 13.7. The molecule has 96 valence electrons. The second-order valence-corrected chi connectivity index (χ2v) is 5.25. The Morgan fingerprint density at radius 3 is 2.59 bits per heavy atom. The first kappa shape index (κ1) is 13.7. The number of nitrogens with zero attached hydrogens (tertiary/aromatic N) is 2. The van der Waals surface area contributed by atoms with E-state index < -0.39 is 6.04 Å². The number of nitrogens with one attached hydrogen (secondary N) is 1. The number of carbonyl (C=O) groups is 1. The predicted molar refractivity (Wildman–Crippen MR) is 67.5 cm³/mol. The third kappa shape index (κ3) is 3.06. The van der Waals surface area contributed by atoms with E-state index in [0.29, 0.717) is 6.54 Å². The molecule has 3 N–H and O–H groups in total. The minimum absolute atomic E-state index is 0.111. The molecule has 0 spiro atoms. The molecule has 1 heterocycles. The maximum absolute atomic E-state index is 11.5. The van der Waals surface area contributed by atoms with Gasteiger partial charge in [0.05, 0.1) is 5.69 Å². The summed E-state index contributed by atoms with van der Waals surface area (Å²) in [6.07, 6.45) is 1.86. The van der Waals surface area contributed by atoms with Crippen LogP contribution >= 0.6 is 0 Å². The van der Waals surface area contributed by atoms with Crippen molar-refractivity contribution in [1.82, 2.24) is 15.1 Å². The largest absolute Gasteiger partial charge is 0.368 e. The van der Waals surface area contributed by atoms with Gasteiger partial charge in [-0.1, -0.05) is 27.7 Å². The van der Waals surface area contributed by atoms with E-state index in [4.69, 9.17) is 5.73 Å². The number of nitrogens with two attached hydrogens (primary N) is 1. The van der Waals surface area contributed by atoms with Crippen LogP contribution in [-0.4, -0.2) is 22.2 Å². The molecule has 0 bridgehead atoms. The van der Waals surface area contributed by atoms with Gasteiger partial charge in [-0.3, -0.25) is 9.48 Å². The molecule has 1 unspecified atom stereocenters. The lowest BCUT2D eigenvalue weighted by molar-refractivity contribution is -0.120. The average molecular weight is 238 g/mol. The molecule has 5 heteroatoms. The first-order valence-electron chi connectivity index (χ1n) is 5.84. The molecule has 0 radical (unpaired) electrons. The lowest BCUT2D eigenvalue weighted by Crippen LogP contribution is -2.35. The fourth-order valence-electron chi connectivity index (χ4n) is 1.87. The third-order valence-corrected chi connectivity index (χ3v) is 2.57. The summed E-state index contributed by atoms with van der Waals surface area (Å²) < 4.78 is 1.73. The minimum atomic E-state index is -0.470. The van der Waals surface area contributed by atoms with Crippen LogP contribution in [0.3, 0.4) is 0 Å². The maximum atomic E-state index is 11.5. The molecule has 0 saturated heterocycles. The molecule has 0 aliphatic heterocycles. The topological polar surface area (TPSA) is 72.9 Å². The van der Waals surface area contributed by atoms with Gasteiger partial charge in [-0.05, 0) is 6.54 Å². The Balaban J connectivity index is 3.23. The highest BCUT2D eigenvalue weighted by molar-refractivity contribution is 5.81. The minimum Gasteiger partial charge on any atom is -0.368 e. The van der Waals surface area contributed by atoms with Gasteiger partial charge < -0.3 is 11.1 Å². The summed E-state index contributed by atoms with van der Waals surface area (Å²) in [6, 6.07) is -0.470. The van der Waals surface area contributed by atoms with Crippen molar-refractivity contribution in [2.75, 3.05) is 6.54 Å². The number of amides is 1. The summed E-state index contributed by atoms with van der Waals surface area (Å²) in [5.74, 6) is -0.370. The number of hydrogen-bond acceptors (Lipinski definition) is 3. The van der Waals surface area contributed by atoms with Gasteiger partial charge in [0.15, 0.2) is 0 Å². The lowest BCUT2D eigenvalue weighted by Gasteiger charge is -2.21. The highest BCUT2D eigenvalue weighted by atomic mass is 16.1. The van der Waals surface area contributed by atoms with E-state index in [9.17, 15) is 4.79 Å². The molecule has 1 rings (SSSR count). The van der Waals surface area contributed by atoms with E-state index in [1.54, 1.807) is 4.68 Å². The van der Waals surface area contributed by atoms with Gasteiger partial charge in [0.2, 0.25) is 5.91 Å². The Kier molecular flexibility index (Phi) is 3.93. The van der Waals surface area contributed by atoms with Crippen LogP contribution in [0.4, 0.5) is 0 Å². The summed E-state index contributed by atoms with van der Waals surface area (Å²) >= 11 is 0. The molecule has 17 heavy (non-hydrogen) atoms. The van der Waals surface area contributed by atoms with E-state index in [2.05, 4.69) is 31.2 Å². The molecule has 0 aliphatic rings. The van der Waals surface area contributed by atoms with Crippen molar-refractivity contribution in [2.45, 2.75) is 39.2 Å². The van der Waals surface area contributed by atoms with Gasteiger partial charge in [0.1, 0.15) is 6.04 Å². The zero-order valence-corrected chi connectivity index (χ0v) is 11.2. The van der Waals surface area contributed by atoms with Crippen molar-refractivity contribution in [3.05, 3.63) is 17.5 Å². The maximum Gasteiger partial charge on any atom is 0.239 e. The van der Waals surface area contributed by atoms with Gasteiger partial charge in [0.25, 0.3) is 0 Å². The van der Waals surface area contributed by atoms with Gasteiger partial charge >= 0.3 is 0 Å². The summed E-state index contributed by atoms with van der Waals surface area (Å²) in [5.41, 5.74) is 7.10. The van der Waals surface area contributed by atoms with Crippen molar-refractivity contribution in [1.29, 1.82) is 0 Å². The van der Waals surface area contributed by atoms with Crippen molar-refractivity contribution >= 4 is 5.91 Å². The SMILES string of the molecule is CCNC(C(N)=O)c1cn(C)nc1C(C)(C)C. The van der Waals surface area contributed by atoms with Crippen molar-refractivity contribution < 1.29 is 4.79 Å². The molecule has 0 saturated carbocycles. The van der Waals surface area contributed by atoms with Gasteiger partial charge in [-0.15, -0.1) is 0 Å². The number of primary amides is 1. The van der Waals surface area contributed by atoms with Gasteiger partial charge in [-0.2, -0.15) is 5.10 Å². The fourth-order valence-corrected chi connectivity index (χ4v) is 1.87. The predicted octanol–water partition coefficient (Wildman–Crippen LogP) is 0.853. The molecular weight excluding hydrogens is 216 g/mol. The first-order chi connectivity index (χ1) is 7.77. The monoisotopic (exact) mass is 238 g/mol. The Morgan fingerprint density at radius 2 is 2.18 bits per heavy atom. The van der Waals surface area contributed by atoms with Crippen LogP contribution < -0.4 is 11.1 Å². The average Bonchev–Trinajstić information content (AvgIpc) is 2.55. The summed E-state index contributed by atoms with van der Waals surface area (Å²) in [7, 11) is 1.85. The number of likely N-dealkylation sites (N-methyl/N-ethyl adjacent to an activating group) is 1. The van der Waals surface area contributed by atoms with Crippen molar-refractivity contribution in [3.8, 4) is 0 Å². The van der Waals surface area contributed by atoms with E-state index >= 15 is 0 Å². The highest BCUT2D eigenvalue weighted by Crippen LogP contribution is 2.28. The van der Waals surface area contributed by atoms with Crippen LogP contribution in [0.15, 0.2) is 6.20 Å². The second kappa shape index (κ2) is 4.87. The smallest absolute Gasteiger partial charge is 0.239 e. The Bertz CT molecular complexity index is 403. The molecule has 0 fully saturated rings. The standard InChI is InChI=1S/C12H22N4O/c1-6-14-9(11(13)17)8-7-16(5)15-10(8)12(2,3)4/h7,9,14H,6H2,1-5H3,(H2,13,17). The molecule has 5 nitrogen and oxygen atoms in total. The molecule has 1 aromatic heterocycles. The van der Waals surface area contributed by atoms with Gasteiger partial charge in [-0.25, -0.2) is 0 Å². The van der Waals surface area contributed by atoms with Crippen LogP contribution in [0.5, 0.6) is 0 Å². The number of aromatic nitrogens is 2. The summed E-state index contributed by atoms with van der Waals surface area (Å²) in [5, 5.41) is 7.53. The Morgan fingerprint density at radius 1 is 1.59 bits per heavy atom. The van der Waals surface area contributed by atoms with Crippen LogP contribution in [0.25, 0.3) is 0 Å². The highest BCUT2D eigenvalue weighted by Gasteiger charge is 2.28. The quantitative estimate of drug-likeness (QED) is 0.817. The van der Waals surface area contributed by atoms with Crippen LogP contribution in [-0.2, 0) is 17.3 Å². The molecule has 0 aliphatic carbocycles. The summed E-state index contributed by atoms with van der Waals surface area (Å²) in [4.78, 5) is 11.5. The summed E-state index contributed by atoms with van der Waals surface area (Å²) in [6.45, 7) is 8.85. The van der Waals surface area contributed by atoms with E-state index in [-0.39, 0.29) is 11.3 Å². The first-order valence-corrected chi connectivity index (χ1v) is 5.84. The zero-order chi connectivity index (χ0) is 13.2. The van der Waals surface area contributed by atoms with Crippen LogP contribution in [0, 0.1) is 0 Å². The Hall–Kier alpha value is -1.36. The van der Waals surface area contributed by atoms with E-state index in [0.717, 1.165) is 11.3 Å². The van der Waals surface area contributed by atoms with Crippen LogP contribution in [0.1, 0.15) is 45.0 Å². The third-order valence-electron chi connectivity index (χ3n) is 2.57. The van der Waals surface area contributed by atoms with Crippen molar-refractivity contribution in [3.63, 3.8) is 0 Å². The molecule has 1 amide bonds. The zero-order valence-electron chi connectivity index (χ0n) is 11.2. The van der Waals surface area contributed by atoms with E-state index in [1.807, 2.05) is 20.2 Å². The molecular formula is C12H22N4O. The van der Waals surface area contributed by atoms with E-state index in [1.165, 1.54) is 0 Å². The number of carbonyl (C=O) groups excluding carboxylic acids is 1. The molecule has 1 atom stereocenters. The van der Waals surface area contributed by atoms with Crippen LogP contribution in [0.2, 0.25) is 0 Å². The second-order valence-electron chi connectivity index (χ2n) is 5.25. The fraction of sp³-hybridized carbons (Fsp3) is 0.667. The lowest BCUT2D eigenvalue weighted by atomic mass is 9.87.